The summed E-state index contributed by atoms with van der Waals surface area (Å²) < 4.78 is 0. The average molecular weight is 367 g/mol. The van der Waals surface area contributed by atoms with Gasteiger partial charge in [0.05, 0.1) is 0 Å². The third-order valence-corrected chi connectivity index (χ3v) is 5.18. The molecule has 1 atom stereocenters. The van der Waals surface area contributed by atoms with Gasteiger partial charge in [0.1, 0.15) is 5.25 Å². The third kappa shape index (κ3) is 4.95. The van der Waals surface area contributed by atoms with Crippen LogP contribution in [0.5, 0.6) is 0 Å². The molecule has 0 bridgehead atoms. The van der Waals surface area contributed by atoms with E-state index >= 15 is 0 Å². The normalized spacial score (nSPS) is 18.0. The number of para-hydroxylation sites is 1. The van der Waals surface area contributed by atoms with E-state index in [1.807, 2.05) is 49.4 Å². The molecule has 134 valence electrons. The number of amides is 2. The van der Waals surface area contributed by atoms with Crippen molar-refractivity contribution in [3.05, 3.63) is 65.7 Å². The number of hydrogen-bond acceptors (Lipinski definition) is 4. The van der Waals surface area contributed by atoms with Crippen molar-refractivity contribution in [1.29, 1.82) is 0 Å². The van der Waals surface area contributed by atoms with E-state index in [0.29, 0.717) is 11.7 Å². The quantitative estimate of drug-likeness (QED) is 0.824. The Morgan fingerprint density at radius 2 is 1.88 bits per heavy atom. The second-order valence-electron chi connectivity index (χ2n) is 6.09. The minimum absolute atomic E-state index is 0.128. The third-order valence-electron chi connectivity index (χ3n) is 4.07. The molecule has 26 heavy (non-hydrogen) atoms. The fraction of sp³-hybridized carbons (Fsp3) is 0.250. The van der Waals surface area contributed by atoms with Gasteiger partial charge in [-0.25, -0.2) is 0 Å². The Morgan fingerprint density at radius 3 is 2.65 bits per heavy atom. The highest BCUT2D eigenvalue weighted by Crippen LogP contribution is 2.23. The van der Waals surface area contributed by atoms with E-state index in [2.05, 4.69) is 27.8 Å². The Hall–Kier alpha value is -2.60. The summed E-state index contributed by atoms with van der Waals surface area (Å²) in [6, 6.07) is 17.7. The molecule has 0 aromatic heterocycles. The lowest BCUT2D eigenvalue weighted by Gasteiger charge is -2.09. The molecule has 2 amide bonds. The molecule has 1 aliphatic rings. The van der Waals surface area contributed by atoms with Crippen molar-refractivity contribution in [2.45, 2.75) is 25.0 Å². The molecule has 0 unspecified atom stereocenters. The molecule has 2 N–H and O–H groups in total. The first-order valence-corrected chi connectivity index (χ1v) is 9.41. The molecular weight excluding hydrogens is 346 g/mol. The number of aryl methyl sites for hydroxylation is 1. The molecule has 1 saturated heterocycles. The fourth-order valence-corrected chi connectivity index (χ4v) is 3.62. The maximum Gasteiger partial charge on any atom is 0.240 e. The van der Waals surface area contributed by atoms with Gasteiger partial charge in [0.2, 0.25) is 11.8 Å². The van der Waals surface area contributed by atoms with E-state index in [-0.39, 0.29) is 18.2 Å². The van der Waals surface area contributed by atoms with Crippen LogP contribution in [0.3, 0.4) is 0 Å². The summed E-state index contributed by atoms with van der Waals surface area (Å²) in [5.41, 5.74) is 2.98. The molecule has 6 heteroatoms. The number of carbonyl (C=O) groups excluding carboxylic acids is 2. The Labute approximate surface area is 157 Å². The Bertz CT molecular complexity index is 821. The number of thioether (sulfide) groups is 1. The van der Waals surface area contributed by atoms with Gasteiger partial charge in [-0.1, -0.05) is 60.3 Å². The topological polar surface area (TPSA) is 70.6 Å². The lowest BCUT2D eigenvalue weighted by molar-refractivity contribution is -0.122. The Balaban J connectivity index is 1.50. The van der Waals surface area contributed by atoms with E-state index in [0.717, 1.165) is 17.7 Å². The molecule has 1 heterocycles. The zero-order valence-electron chi connectivity index (χ0n) is 14.6. The molecule has 0 radical (unpaired) electrons. The summed E-state index contributed by atoms with van der Waals surface area (Å²) in [5.74, 6) is -0.328. The first kappa shape index (κ1) is 18.2. The monoisotopic (exact) mass is 367 g/mol. The largest absolute Gasteiger partial charge is 0.326 e. The van der Waals surface area contributed by atoms with Crippen molar-refractivity contribution < 1.29 is 9.59 Å². The van der Waals surface area contributed by atoms with E-state index in [1.165, 1.54) is 17.3 Å². The van der Waals surface area contributed by atoms with Crippen LogP contribution in [0.2, 0.25) is 0 Å². The summed E-state index contributed by atoms with van der Waals surface area (Å²) >= 11 is 1.33. The van der Waals surface area contributed by atoms with Crippen molar-refractivity contribution >= 4 is 34.4 Å². The number of amidine groups is 1. The summed E-state index contributed by atoms with van der Waals surface area (Å²) in [7, 11) is 0. The van der Waals surface area contributed by atoms with Gasteiger partial charge in [-0.3, -0.25) is 14.6 Å². The molecule has 2 aromatic rings. The SMILES string of the molecule is Cc1ccccc1NC(=O)C[C@@H]1SC(=NCCc2ccccc2)NC1=O. The molecule has 1 fully saturated rings. The minimum Gasteiger partial charge on any atom is -0.326 e. The van der Waals surface area contributed by atoms with Gasteiger partial charge < -0.3 is 10.6 Å². The van der Waals surface area contributed by atoms with E-state index in [1.54, 1.807) is 0 Å². The van der Waals surface area contributed by atoms with E-state index in [9.17, 15) is 9.59 Å². The molecular formula is C20H21N3O2S. The van der Waals surface area contributed by atoms with Gasteiger partial charge in [-0.15, -0.1) is 0 Å². The second-order valence-corrected chi connectivity index (χ2v) is 7.28. The lowest BCUT2D eigenvalue weighted by atomic mass is 10.2. The number of benzene rings is 2. The van der Waals surface area contributed by atoms with Crippen LogP contribution in [0.15, 0.2) is 59.6 Å². The highest BCUT2D eigenvalue weighted by atomic mass is 32.2. The Kier molecular flexibility index (Phi) is 6.07. The first-order chi connectivity index (χ1) is 12.6. The van der Waals surface area contributed by atoms with Crippen LogP contribution >= 0.6 is 11.8 Å². The number of hydrogen-bond donors (Lipinski definition) is 2. The molecule has 2 aromatic carbocycles. The van der Waals surface area contributed by atoms with Crippen LogP contribution < -0.4 is 10.6 Å². The standard InChI is InChI=1S/C20H21N3O2S/c1-14-7-5-6-10-16(14)22-18(24)13-17-19(25)23-20(26-17)21-12-11-15-8-3-2-4-9-15/h2-10,17H,11-13H2,1H3,(H,22,24)(H,21,23,25)/t17-/m0/s1. The van der Waals surface area contributed by atoms with Crippen LogP contribution in [-0.2, 0) is 16.0 Å². The summed E-state index contributed by atoms with van der Waals surface area (Å²) in [4.78, 5) is 28.7. The maximum atomic E-state index is 12.2. The summed E-state index contributed by atoms with van der Waals surface area (Å²) in [6.45, 7) is 2.54. The number of rotatable bonds is 6. The molecule has 0 aliphatic carbocycles. The minimum atomic E-state index is -0.436. The number of nitrogens with one attached hydrogen (secondary N) is 2. The van der Waals surface area contributed by atoms with E-state index < -0.39 is 5.25 Å². The fourth-order valence-electron chi connectivity index (χ4n) is 2.63. The Morgan fingerprint density at radius 1 is 1.15 bits per heavy atom. The number of aliphatic imine (C=N–C) groups is 1. The number of anilines is 1. The van der Waals surface area contributed by atoms with Crippen molar-refractivity contribution in [3.63, 3.8) is 0 Å². The lowest BCUT2D eigenvalue weighted by Crippen LogP contribution is -2.28. The van der Waals surface area contributed by atoms with Crippen molar-refractivity contribution in [2.75, 3.05) is 11.9 Å². The predicted octanol–water partition coefficient (Wildman–Crippen LogP) is 3.15. The van der Waals surface area contributed by atoms with Crippen molar-refractivity contribution in [2.24, 2.45) is 4.99 Å². The van der Waals surface area contributed by atoms with Gasteiger partial charge in [0, 0.05) is 18.7 Å². The van der Waals surface area contributed by atoms with Gasteiger partial charge in [-0.05, 0) is 30.5 Å². The van der Waals surface area contributed by atoms with Crippen molar-refractivity contribution in [1.82, 2.24) is 5.32 Å². The van der Waals surface area contributed by atoms with Crippen LogP contribution in [-0.4, -0.2) is 28.8 Å². The average Bonchev–Trinajstić information content (AvgIpc) is 2.97. The number of nitrogens with zero attached hydrogens (tertiary/aromatic N) is 1. The summed E-state index contributed by atoms with van der Waals surface area (Å²) in [6.07, 6.45) is 0.946. The van der Waals surface area contributed by atoms with Crippen LogP contribution in [0, 0.1) is 6.92 Å². The smallest absolute Gasteiger partial charge is 0.240 e. The molecule has 0 spiro atoms. The van der Waals surface area contributed by atoms with Gasteiger partial charge in [0.25, 0.3) is 0 Å². The van der Waals surface area contributed by atoms with Crippen LogP contribution in [0.4, 0.5) is 5.69 Å². The molecule has 0 saturated carbocycles. The zero-order chi connectivity index (χ0) is 18.4. The zero-order valence-corrected chi connectivity index (χ0v) is 15.4. The number of carbonyl (C=O) groups is 2. The summed E-state index contributed by atoms with van der Waals surface area (Å²) in [5, 5.41) is 5.79. The maximum absolute atomic E-state index is 12.2. The van der Waals surface area contributed by atoms with Gasteiger partial charge in [-0.2, -0.15) is 0 Å². The highest BCUT2D eigenvalue weighted by molar-refractivity contribution is 8.15. The molecule has 5 nitrogen and oxygen atoms in total. The first-order valence-electron chi connectivity index (χ1n) is 8.53. The highest BCUT2D eigenvalue weighted by Gasteiger charge is 2.31. The van der Waals surface area contributed by atoms with E-state index in [4.69, 9.17) is 0 Å². The second kappa shape index (κ2) is 8.67. The van der Waals surface area contributed by atoms with Gasteiger partial charge >= 0.3 is 0 Å². The molecule has 3 rings (SSSR count). The predicted molar refractivity (Wildman–Crippen MR) is 106 cm³/mol. The van der Waals surface area contributed by atoms with Gasteiger partial charge in [0.15, 0.2) is 5.17 Å². The molecule has 1 aliphatic heterocycles. The van der Waals surface area contributed by atoms with Crippen LogP contribution in [0.25, 0.3) is 0 Å². The van der Waals surface area contributed by atoms with Crippen LogP contribution in [0.1, 0.15) is 17.5 Å². The van der Waals surface area contributed by atoms with Crippen molar-refractivity contribution in [3.8, 4) is 0 Å².